The van der Waals surface area contributed by atoms with Gasteiger partial charge in [-0.15, -0.1) is 0 Å². The molecule has 78 valence electrons. The molecule has 1 aliphatic carbocycles. The van der Waals surface area contributed by atoms with Crippen LogP contribution < -0.4 is 0 Å². The first-order valence-electron chi connectivity index (χ1n) is 4.82. The Kier molecular flexibility index (Phi) is 2.06. The highest BCUT2D eigenvalue weighted by molar-refractivity contribution is 6.41. The molecule has 3 heteroatoms. The van der Waals surface area contributed by atoms with Gasteiger partial charge >= 0.3 is 0 Å². The van der Waals surface area contributed by atoms with Crippen molar-refractivity contribution in [1.29, 1.82) is 0 Å². The summed E-state index contributed by atoms with van der Waals surface area (Å²) in [6.07, 6.45) is 0. The van der Waals surface area contributed by atoms with Crippen molar-refractivity contribution in [3.8, 4) is 11.1 Å². The Morgan fingerprint density at radius 2 is 1.19 bits per heavy atom. The predicted molar refractivity (Wildman–Crippen MR) is 65.3 cm³/mol. The van der Waals surface area contributed by atoms with Gasteiger partial charge < -0.3 is 0 Å². The van der Waals surface area contributed by atoms with Gasteiger partial charge in [-0.2, -0.15) is 0 Å². The maximum Gasteiger partial charge on any atom is 0.197 e. The van der Waals surface area contributed by atoms with E-state index in [0.717, 1.165) is 11.1 Å². The van der Waals surface area contributed by atoms with Crippen LogP contribution in [0.2, 0.25) is 10.0 Å². The monoisotopic (exact) mass is 248 g/mol. The van der Waals surface area contributed by atoms with Crippen LogP contribution in [-0.4, -0.2) is 5.78 Å². The molecule has 1 aliphatic rings. The van der Waals surface area contributed by atoms with E-state index in [9.17, 15) is 4.79 Å². The van der Waals surface area contributed by atoms with Crippen LogP contribution in [0.1, 0.15) is 15.9 Å². The second-order valence-corrected chi connectivity index (χ2v) is 4.47. The van der Waals surface area contributed by atoms with Crippen LogP contribution in [0.3, 0.4) is 0 Å². The van der Waals surface area contributed by atoms with Gasteiger partial charge in [-0.25, -0.2) is 0 Å². The predicted octanol–water partition coefficient (Wildman–Crippen LogP) is 4.20. The number of rotatable bonds is 0. The van der Waals surface area contributed by atoms with E-state index in [0.29, 0.717) is 21.2 Å². The Hall–Kier alpha value is -1.31. The Labute approximate surface area is 103 Å². The van der Waals surface area contributed by atoms with Gasteiger partial charge in [0.25, 0.3) is 0 Å². The summed E-state index contributed by atoms with van der Waals surface area (Å²) in [6, 6.07) is 10.9. The van der Waals surface area contributed by atoms with Crippen LogP contribution in [0, 0.1) is 0 Å². The number of carbonyl (C=O) groups excluding carboxylic acids is 1. The molecule has 0 amide bonds. The van der Waals surface area contributed by atoms with Crippen molar-refractivity contribution >= 4 is 29.0 Å². The molecule has 0 saturated heterocycles. The van der Waals surface area contributed by atoms with Crippen molar-refractivity contribution < 1.29 is 4.79 Å². The normalized spacial score (nSPS) is 12.5. The van der Waals surface area contributed by atoms with E-state index < -0.39 is 0 Å². The lowest BCUT2D eigenvalue weighted by Crippen LogP contribution is -1.96. The fourth-order valence-electron chi connectivity index (χ4n) is 2.08. The molecule has 0 N–H and O–H groups in total. The third-order valence-electron chi connectivity index (χ3n) is 2.77. The minimum atomic E-state index is -0.0822. The average molecular weight is 249 g/mol. The smallest absolute Gasteiger partial charge is 0.197 e. The number of benzene rings is 2. The van der Waals surface area contributed by atoms with Crippen LogP contribution in [0.4, 0.5) is 0 Å². The van der Waals surface area contributed by atoms with E-state index in [2.05, 4.69) is 0 Å². The highest BCUT2D eigenvalue weighted by Gasteiger charge is 2.30. The zero-order valence-corrected chi connectivity index (χ0v) is 9.64. The molecule has 0 atom stereocenters. The summed E-state index contributed by atoms with van der Waals surface area (Å²) in [6.45, 7) is 0. The van der Waals surface area contributed by atoms with Gasteiger partial charge in [-0.05, 0) is 23.3 Å². The summed E-state index contributed by atoms with van der Waals surface area (Å²) in [4.78, 5) is 12.2. The van der Waals surface area contributed by atoms with Gasteiger partial charge in [0.05, 0.1) is 10.0 Å². The fourth-order valence-corrected chi connectivity index (χ4v) is 2.60. The van der Waals surface area contributed by atoms with Gasteiger partial charge in [0.15, 0.2) is 5.78 Å². The fraction of sp³-hybridized carbons (Fsp3) is 0. The Morgan fingerprint density at radius 1 is 0.750 bits per heavy atom. The van der Waals surface area contributed by atoms with Crippen LogP contribution in [-0.2, 0) is 0 Å². The molecule has 0 unspecified atom stereocenters. The molecular weight excluding hydrogens is 243 g/mol. The maximum atomic E-state index is 12.2. The van der Waals surface area contributed by atoms with Gasteiger partial charge in [0.2, 0.25) is 0 Å². The topological polar surface area (TPSA) is 17.1 Å². The third kappa shape index (κ3) is 1.16. The first-order valence-corrected chi connectivity index (χ1v) is 5.58. The van der Waals surface area contributed by atoms with Crippen molar-refractivity contribution in [3.63, 3.8) is 0 Å². The van der Waals surface area contributed by atoms with E-state index in [-0.39, 0.29) is 5.78 Å². The van der Waals surface area contributed by atoms with Crippen LogP contribution in [0.15, 0.2) is 36.4 Å². The molecule has 0 bridgehead atoms. The highest BCUT2D eigenvalue weighted by Crippen LogP contribution is 2.42. The van der Waals surface area contributed by atoms with E-state index in [1.54, 1.807) is 12.1 Å². The van der Waals surface area contributed by atoms with Crippen LogP contribution >= 0.6 is 23.2 Å². The lowest BCUT2D eigenvalue weighted by Gasteiger charge is -2.00. The summed E-state index contributed by atoms with van der Waals surface area (Å²) in [5, 5.41) is 0.963. The summed E-state index contributed by atoms with van der Waals surface area (Å²) < 4.78 is 0. The second kappa shape index (κ2) is 3.34. The SMILES string of the molecule is O=C1c2c(Cl)cccc2-c2cccc(Cl)c21. The molecule has 3 rings (SSSR count). The molecule has 0 heterocycles. The Bertz CT molecular complexity index is 564. The molecule has 0 spiro atoms. The minimum Gasteiger partial charge on any atom is -0.288 e. The summed E-state index contributed by atoms with van der Waals surface area (Å²) in [7, 11) is 0. The number of ketones is 1. The van der Waals surface area contributed by atoms with Crippen molar-refractivity contribution in [2.75, 3.05) is 0 Å². The van der Waals surface area contributed by atoms with E-state index >= 15 is 0 Å². The molecule has 0 aliphatic heterocycles. The number of hydrogen-bond donors (Lipinski definition) is 0. The zero-order chi connectivity index (χ0) is 11.3. The average Bonchev–Trinajstić information content (AvgIpc) is 2.56. The first-order chi connectivity index (χ1) is 7.70. The largest absolute Gasteiger partial charge is 0.288 e. The Morgan fingerprint density at radius 3 is 1.62 bits per heavy atom. The zero-order valence-electron chi connectivity index (χ0n) is 8.13. The molecule has 0 radical (unpaired) electrons. The first kappa shape index (κ1) is 9.88. The van der Waals surface area contributed by atoms with Gasteiger partial charge in [0, 0.05) is 11.1 Å². The van der Waals surface area contributed by atoms with Gasteiger partial charge in [0.1, 0.15) is 0 Å². The van der Waals surface area contributed by atoms with E-state index in [4.69, 9.17) is 23.2 Å². The lowest BCUT2D eigenvalue weighted by molar-refractivity contribution is 0.104. The summed E-state index contributed by atoms with van der Waals surface area (Å²) >= 11 is 12.1. The second-order valence-electron chi connectivity index (χ2n) is 3.65. The van der Waals surface area contributed by atoms with Crippen molar-refractivity contribution in [3.05, 3.63) is 57.6 Å². The van der Waals surface area contributed by atoms with Crippen LogP contribution in [0.5, 0.6) is 0 Å². The van der Waals surface area contributed by atoms with Crippen molar-refractivity contribution in [2.45, 2.75) is 0 Å². The third-order valence-corrected chi connectivity index (χ3v) is 3.40. The molecule has 0 fully saturated rings. The quantitative estimate of drug-likeness (QED) is 0.583. The summed E-state index contributed by atoms with van der Waals surface area (Å²) in [5.74, 6) is -0.0822. The molecule has 0 saturated carbocycles. The number of halogens is 2. The van der Waals surface area contributed by atoms with Crippen molar-refractivity contribution in [1.82, 2.24) is 0 Å². The van der Waals surface area contributed by atoms with Crippen LogP contribution in [0.25, 0.3) is 11.1 Å². The van der Waals surface area contributed by atoms with Crippen molar-refractivity contribution in [2.24, 2.45) is 0 Å². The standard InChI is InChI=1S/C13H6Cl2O/c14-9-5-1-3-7-8-4-2-6-10(15)12(8)13(16)11(7)9/h1-6H. The van der Waals surface area contributed by atoms with E-state index in [1.165, 1.54) is 0 Å². The molecular formula is C13H6Cl2O. The minimum absolute atomic E-state index is 0.0822. The van der Waals surface area contributed by atoms with Gasteiger partial charge in [-0.3, -0.25) is 4.79 Å². The summed E-state index contributed by atoms with van der Waals surface area (Å²) in [5.41, 5.74) is 2.87. The van der Waals surface area contributed by atoms with Gasteiger partial charge in [-0.1, -0.05) is 47.5 Å². The van der Waals surface area contributed by atoms with E-state index in [1.807, 2.05) is 24.3 Å². The maximum absolute atomic E-state index is 12.2. The molecule has 0 aromatic heterocycles. The molecule has 2 aromatic carbocycles. The number of carbonyl (C=O) groups is 1. The number of hydrogen-bond acceptors (Lipinski definition) is 1. The Balaban J connectivity index is 2.44. The lowest BCUT2D eigenvalue weighted by atomic mass is 10.1. The molecule has 2 aromatic rings. The highest BCUT2D eigenvalue weighted by atomic mass is 35.5. The molecule has 1 nitrogen and oxygen atoms in total. The number of fused-ring (bicyclic) bond motifs is 3. The molecule has 16 heavy (non-hydrogen) atoms.